The maximum absolute atomic E-state index is 6.23. The van der Waals surface area contributed by atoms with Gasteiger partial charge in [-0.25, -0.2) is 0 Å². The predicted octanol–water partition coefficient (Wildman–Crippen LogP) is 5.58. The number of hydrogen-bond donors (Lipinski definition) is 0. The lowest BCUT2D eigenvalue weighted by molar-refractivity contribution is 0.249. The maximum Gasteiger partial charge on any atom is 0.192 e. The third-order valence-electron chi connectivity index (χ3n) is 4.38. The van der Waals surface area contributed by atoms with Crippen molar-refractivity contribution in [2.45, 2.75) is 65.2 Å². The SMILES string of the molecule is CC(C)(C)[Si](C)(C)OCc1cc2ncc(C#C[Si](C)(C)C)cc2o1. The zero-order chi connectivity index (χ0) is 18.2. The van der Waals surface area contributed by atoms with E-state index >= 15 is 0 Å². The van der Waals surface area contributed by atoms with E-state index in [-0.39, 0.29) is 5.04 Å². The molecule has 0 N–H and O–H groups in total. The molecule has 0 saturated carbocycles. The molecule has 0 spiro atoms. The number of rotatable bonds is 3. The highest BCUT2D eigenvalue weighted by Gasteiger charge is 2.37. The first-order chi connectivity index (χ1) is 10.9. The van der Waals surface area contributed by atoms with Crippen LogP contribution in [0, 0.1) is 11.5 Å². The number of pyridine rings is 1. The molecule has 2 aromatic rings. The van der Waals surface area contributed by atoms with E-state index in [0.717, 1.165) is 22.4 Å². The monoisotopic (exact) mass is 359 g/mol. The summed E-state index contributed by atoms with van der Waals surface area (Å²) in [6.07, 6.45) is 1.82. The van der Waals surface area contributed by atoms with Crippen LogP contribution >= 0.6 is 0 Å². The molecular weight excluding hydrogens is 330 g/mol. The average Bonchev–Trinajstić information content (AvgIpc) is 2.83. The van der Waals surface area contributed by atoms with Crippen molar-refractivity contribution in [1.82, 2.24) is 4.98 Å². The van der Waals surface area contributed by atoms with Gasteiger partial charge in [0.1, 0.15) is 19.4 Å². The van der Waals surface area contributed by atoms with Gasteiger partial charge in [0.2, 0.25) is 0 Å². The van der Waals surface area contributed by atoms with Crippen LogP contribution in [0.15, 0.2) is 22.7 Å². The topological polar surface area (TPSA) is 35.3 Å². The lowest BCUT2D eigenvalue weighted by Crippen LogP contribution is -2.40. The molecule has 2 heterocycles. The summed E-state index contributed by atoms with van der Waals surface area (Å²) >= 11 is 0. The summed E-state index contributed by atoms with van der Waals surface area (Å²) in [6, 6.07) is 3.95. The van der Waals surface area contributed by atoms with Crippen molar-refractivity contribution in [3.8, 4) is 11.5 Å². The highest BCUT2D eigenvalue weighted by atomic mass is 28.4. The Morgan fingerprint density at radius 1 is 1.12 bits per heavy atom. The first-order valence-corrected chi connectivity index (χ1v) is 14.8. The van der Waals surface area contributed by atoms with Crippen LogP contribution in [0.4, 0.5) is 0 Å². The maximum atomic E-state index is 6.23. The third-order valence-corrected chi connectivity index (χ3v) is 9.74. The smallest absolute Gasteiger partial charge is 0.192 e. The molecule has 2 rings (SSSR count). The van der Waals surface area contributed by atoms with Gasteiger partial charge in [0.05, 0.1) is 6.61 Å². The van der Waals surface area contributed by atoms with Crippen LogP contribution in [-0.2, 0) is 11.0 Å². The van der Waals surface area contributed by atoms with Gasteiger partial charge in [0.25, 0.3) is 0 Å². The zero-order valence-electron chi connectivity index (χ0n) is 16.2. The Morgan fingerprint density at radius 3 is 2.38 bits per heavy atom. The van der Waals surface area contributed by atoms with Crippen molar-refractivity contribution < 1.29 is 8.84 Å². The van der Waals surface area contributed by atoms with E-state index in [1.54, 1.807) is 0 Å². The normalized spacial score (nSPS) is 13.0. The molecule has 0 radical (unpaired) electrons. The first-order valence-electron chi connectivity index (χ1n) is 8.43. The number of furan rings is 1. The van der Waals surface area contributed by atoms with Crippen LogP contribution in [0.5, 0.6) is 0 Å². The van der Waals surface area contributed by atoms with Gasteiger partial charge in [0, 0.05) is 23.9 Å². The Morgan fingerprint density at radius 2 is 1.79 bits per heavy atom. The average molecular weight is 360 g/mol. The van der Waals surface area contributed by atoms with Gasteiger partial charge in [-0.05, 0) is 18.1 Å². The van der Waals surface area contributed by atoms with E-state index in [1.807, 2.05) is 18.3 Å². The van der Waals surface area contributed by atoms with Gasteiger partial charge in [0.15, 0.2) is 13.9 Å². The summed E-state index contributed by atoms with van der Waals surface area (Å²) < 4.78 is 12.2. The van der Waals surface area contributed by atoms with E-state index in [9.17, 15) is 0 Å². The largest absolute Gasteiger partial charge is 0.457 e. The molecule has 5 heteroatoms. The van der Waals surface area contributed by atoms with E-state index in [1.165, 1.54) is 0 Å². The van der Waals surface area contributed by atoms with Crippen LogP contribution in [-0.4, -0.2) is 21.4 Å². The summed E-state index contributed by atoms with van der Waals surface area (Å²) in [5.74, 6) is 4.06. The molecule has 0 fully saturated rings. The minimum atomic E-state index is -1.78. The van der Waals surface area contributed by atoms with Crippen LogP contribution in [0.2, 0.25) is 37.8 Å². The van der Waals surface area contributed by atoms with Crippen LogP contribution < -0.4 is 0 Å². The Labute approximate surface area is 148 Å². The summed E-state index contributed by atoms with van der Waals surface area (Å²) in [5.41, 5.74) is 5.92. The molecule has 0 atom stereocenters. The van der Waals surface area contributed by atoms with Crippen molar-refractivity contribution in [2.24, 2.45) is 0 Å². The molecule has 3 nitrogen and oxygen atoms in total. The molecule has 0 unspecified atom stereocenters. The predicted molar refractivity (Wildman–Crippen MR) is 106 cm³/mol. The standard InChI is InChI=1S/C19H29NO2Si2/c1-19(2,3)24(7,8)21-14-16-12-17-18(22-16)11-15(13-20-17)9-10-23(4,5)6/h11-13H,14H2,1-8H3. The fourth-order valence-corrected chi connectivity index (χ4v) is 3.29. The molecule has 130 valence electrons. The van der Waals surface area contributed by atoms with Crippen molar-refractivity contribution in [3.63, 3.8) is 0 Å². The molecular formula is C19H29NO2Si2. The second-order valence-electron chi connectivity index (χ2n) is 8.87. The molecule has 0 bridgehead atoms. The second kappa shape index (κ2) is 6.51. The van der Waals surface area contributed by atoms with Gasteiger partial charge < -0.3 is 8.84 Å². The lowest BCUT2D eigenvalue weighted by Gasteiger charge is -2.35. The summed E-state index contributed by atoms with van der Waals surface area (Å²) in [5, 5.41) is 0.191. The summed E-state index contributed by atoms with van der Waals surface area (Å²) in [4.78, 5) is 4.47. The Bertz CT molecular complexity index is 784. The number of aromatic nitrogens is 1. The van der Waals surface area contributed by atoms with Gasteiger partial charge in [-0.2, -0.15) is 0 Å². The fraction of sp³-hybridized carbons (Fsp3) is 0.526. The zero-order valence-corrected chi connectivity index (χ0v) is 18.2. The molecule has 0 amide bonds. The second-order valence-corrected chi connectivity index (χ2v) is 18.4. The molecule has 0 aromatic carbocycles. The highest BCUT2D eigenvalue weighted by molar-refractivity contribution is 6.83. The van der Waals surface area contributed by atoms with Gasteiger partial charge >= 0.3 is 0 Å². The molecule has 0 aliphatic heterocycles. The van der Waals surface area contributed by atoms with Crippen molar-refractivity contribution >= 4 is 27.5 Å². The number of hydrogen-bond acceptors (Lipinski definition) is 3. The van der Waals surface area contributed by atoms with Gasteiger partial charge in [-0.15, -0.1) is 5.54 Å². The van der Waals surface area contributed by atoms with Crippen molar-refractivity contribution in [1.29, 1.82) is 0 Å². The fourth-order valence-electron chi connectivity index (χ4n) is 1.84. The van der Waals surface area contributed by atoms with Crippen LogP contribution in [0.1, 0.15) is 32.1 Å². The Kier molecular flexibility index (Phi) is 5.15. The Balaban J connectivity index is 2.18. The van der Waals surface area contributed by atoms with Crippen molar-refractivity contribution in [2.75, 3.05) is 0 Å². The van der Waals surface area contributed by atoms with E-state index in [2.05, 4.69) is 70.0 Å². The van der Waals surface area contributed by atoms with E-state index < -0.39 is 16.4 Å². The van der Waals surface area contributed by atoms with Gasteiger partial charge in [-0.1, -0.05) is 46.3 Å². The molecule has 24 heavy (non-hydrogen) atoms. The van der Waals surface area contributed by atoms with Crippen molar-refractivity contribution in [3.05, 3.63) is 29.7 Å². The van der Waals surface area contributed by atoms with E-state index in [4.69, 9.17) is 8.84 Å². The van der Waals surface area contributed by atoms with Crippen LogP contribution in [0.3, 0.4) is 0 Å². The molecule has 0 aliphatic rings. The lowest BCUT2D eigenvalue weighted by atomic mass is 10.2. The third kappa shape index (κ3) is 4.82. The van der Waals surface area contributed by atoms with Gasteiger partial charge in [-0.3, -0.25) is 4.98 Å². The quantitative estimate of drug-likeness (QED) is 0.530. The highest BCUT2D eigenvalue weighted by Crippen LogP contribution is 2.37. The molecule has 0 aliphatic carbocycles. The molecule has 0 saturated heterocycles. The first kappa shape index (κ1) is 19.0. The van der Waals surface area contributed by atoms with E-state index in [0.29, 0.717) is 6.61 Å². The molecule has 2 aromatic heterocycles. The Hall–Kier alpha value is -1.36. The number of nitrogens with zero attached hydrogens (tertiary/aromatic N) is 1. The minimum Gasteiger partial charge on any atom is -0.457 e. The summed E-state index contributed by atoms with van der Waals surface area (Å²) in [6.45, 7) is 18.4. The number of fused-ring (bicyclic) bond motifs is 1. The minimum absolute atomic E-state index is 0.191. The summed E-state index contributed by atoms with van der Waals surface area (Å²) in [7, 11) is -3.17. The van der Waals surface area contributed by atoms with Crippen LogP contribution in [0.25, 0.3) is 11.1 Å².